The number of carbonyl (C=O) groups is 2. The number of nitrogens with one attached hydrogen (secondary N) is 1. The fraction of sp³-hybridized carbons (Fsp3) is 0.333. The molecule has 0 spiro atoms. The van der Waals surface area contributed by atoms with E-state index in [1.54, 1.807) is 24.3 Å². The van der Waals surface area contributed by atoms with Gasteiger partial charge < -0.3 is 44.0 Å². The quantitative estimate of drug-likeness (QED) is 0.326. The third-order valence-electron chi connectivity index (χ3n) is 8.65. The molecule has 5 atom stereocenters. The minimum atomic E-state index is -0.984. The first-order chi connectivity index (χ1) is 21.2. The Bertz CT molecular complexity index is 1590. The molecule has 0 bridgehead atoms. The second kappa shape index (κ2) is 11.6. The molecule has 3 aromatic rings. The van der Waals surface area contributed by atoms with Crippen LogP contribution in [0, 0.1) is 11.8 Å². The third kappa shape index (κ3) is 4.97. The predicted octanol–water partition coefficient (Wildman–Crippen LogP) is 3.75. The zero-order chi connectivity index (χ0) is 31.1. The third-order valence-corrected chi connectivity index (χ3v) is 8.65. The summed E-state index contributed by atoms with van der Waals surface area (Å²) in [6.45, 7) is 4.47. The zero-order valence-electron chi connectivity index (χ0n) is 24.5. The Labute approximate surface area is 253 Å². The summed E-state index contributed by atoms with van der Waals surface area (Å²) in [6, 6.07) is 12.6. The number of aromatic hydroxyl groups is 2. The molecule has 11 nitrogen and oxygen atoms in total. The van der Waals surface area contributed by atoms with E-state index in [0.717, 1.165) is 16.7 Å². The van der Waals surface area contributed by atoms with Crippen LogP contribution in [0.4, 0.5) is 0 Å². The number of phenolic OH excluding ortho intramolecular Hbond substituents is 2. The van der Waals surface area contributed by atoms with E-state index in [2.05, 4.69) is 11.9 Å². The summed E-state index contributed by atoms with van der Waals surface area (Å²) in [5.74, 6) is -0.827. The summed E-state index contributed by atoms with van der Waals surface area (Å²) >= 11 is 0. The smallest absolute Gasteiger partial charge is 0.328 e. The lowest BCUT2D eigenvalue weighted by Crippen LogP contribution is -2.48. The maximum Gasteiger partial charge on any atom is 0.328 e. The summed E-state index contributed by atoms with van der Waals surface area (Å²) in [7, 11) is 4.19. The number of amides is 1. The van der Waals surface area contributed by atoms with Crippen LogP contribution in [-0.2, 0) is 25.5 Å². The first kappa shape index (κ1) is 29.0. The molecule has 0 aromatic heterocycles. The molecule has 0 unspecified atom stereocenters. The summed E-state index contributed by atoms with van der Waals surface area (Å²) in [4.78, 5) is 27.1. The lowest BCUT2D eigenvalue weighted by Gasteiger charge is -2.40. The lowest BCUT2D eigenvalue weighted by molar-refractivity contribution is -0.145. The van der Waals surface area contributed by atoms with Gasteiger partial charge >= 0.3 is 5.97 Å². The summed E-state index contributed by atoms with van der Waals surface area (Å²) < 4.78 is 33.4. The number of allylic oxidation sites excluding steroid dienone is 1. The van der Waals surface area contributed by atoms with Gasteiger partial charge in [-0.3, -0.25) is 4.79 Å². The predicted molar refractivity (Wildman–Crippen MR) is 156 cm³/mol. The average Bonchev–Trinajstić information content (AvgIpc) is 3.65. The Kier molecular flexibility index (Phi) is 7.62. The Morgan fingerprint density at radius 2 is 1.59 bits per heavy atom. The Morgan fingerprint density at radius 3 is 2.20 bits per heavy atom. The first-order valence-corrected chi connectivity index (χ1v) is 14.1. The maximum absolute atomic E-state index is 14.3. The van der Waals surface area contributed by atoms with Crippen LogP contribution in [-0.4, -0.2) is 62.9 Å². The van der Waals surface area contributed by atoms with Crippen LogP contribution in [0.25, 0.3) is 0 Å². The van der Waals surface area contributed by atoms with Gasteiger partial charge in [0.2, 0.25) is 18.4 Å². The fourth-order valence-electron chi connectivity index (χ4n) is 6.60. The number of ether oxygens (including phenoxy) is 6. The molecule has 0 saturated carbocycles. The Hall–Kier alpha value is -5.06. The van der Waals surface area contributed by atoms with Crippen molar-refractivity contribution in [1.29, 1.82) is 0 Å². The van der Waals surface area contributed by atoms with Gasteiger partial charge in [0.05, 0.1) is 39.6 Å². The van der Waals surface area contributed by atoms with Crippen LogP contribution in [0.1, 0.15) is 34.1 Å². The molecule has 2 aliphatic heterocycles. The minimum Gasteiger partial charge on any atom is -0.508 e. The summed E-state index contributed by atoms with van der Waals surface area (Å²) in [6.07, 6.45) is 0.159. The molecule has 1 amide bonds. The van der Waals surface area contributed by atoms with Gasteiger partial charge in [-0.05, 0) is 58.7 Å². The highest BCUT2D eigenvalue weighted by atomic mass is 16.7. The van der Waals surface area contributed by atoms with E-state index in [1.807, 2.05) is 12.1 Å². The van der Waals surface area contributed by atoms with Crippen LogP contribution < -0.4 is 24.3 Å². The number of benzene rings is 3. The molecule has 1 saturated heterocycles. The SMILES string of the molecule is C=C1OC[C@H]2[C@H]1[C@H](c1cc(OC)c(O)c(OC)c1)c1cc3c(cc1[C@H]2C(=O)N[C@@H](Cc1ccc(O)cc1)C(=O)OC)OCO3. The van der Waals surface area contributed by atoms with Crippen molar-refractivity contribution >= 4 is 11.9 Å². The van der Waals surface area contributed by atoms with Gasteiger partial charge in [-0.15, -0.1) is 0 Å². The normalized spacial score (nSPS) is 21.8. The van der Waals surface area contributed by atoms with Crippen molar-refractivity contribution in [1.82, 2.24) is 5.32 Å². The van der Waals surface area contributed by atoms with E-state index in [-0.39, 0.29) is 66.5 Å². The van der Waals surface area contributed by atoms with Crippen molar-refractivity contribution in [3.8, 4) is 34.5 Å². The van der Waals surface area contributed by atoms with Crippen LogP contribution in [0.5, 0.6) is 34.5 Å². The van der Waals surface area contributed by atoms with E-state index >= 15 is 0 Å². The van der Waals surface area contributed by atoms with Crippen molar-refractivity contribution in [2.75, 3.05) is 34.7 Å². The molecule has 2 heterocycles. The molecule has 11 heteroatoms. The average molecular weight is 604 g/mol. The highest BCUT2D eigenvalue weighted by molar-refractivity contribution is 5.90. The maximum atomic E-state index is 14.3. The van der Waals surface area contributed by atoms with Gasteiger partial charge in [-0.1, -0.05) is 18.7 Å². The standard InChI is InChI=1S/C33H33NO10/c1-16-28-22(14-42-16)30(32(37)34-23(33(38)41-4)9-17-5-7-19(35)8-6-17)21-13-25-24(43-15-44-25)12-20(21)29(28)18-10-26(39-2)31(36)27(11-18)40-3/h5-8,10-13,22-23,28-30,35-36H,1,9,14-15H2,2-4H3,(H,34,37)/t22-,23-,28-,29+,30+/m0/s1. The van der Waals surface area contributed by atoms with E-state index in [4.69, 9.17) is 28.4 Å². The lowest BCUT2D eigenvalue weighted by atomic mass is 9.62. The number of hydrogen-bond acceptors (Lipinski definition) is 10. The minimum absolute atomic E-state index is 0.0420. The number of fused-ring (bicyclic) bond motifs is 3. The van der Waals surface area contributed by atoms with E-state index in [1.165, 1.54) is 33.5 Å². The fourth-order valence-corrected chi connectivity index (χ4v) is 6.60. The van der Waals surface area contributed by atoms with Crippen LogP contribution in [0.3, 0.4) is 0 Å². The number of phenols is 2. The van der Waals surface area contributed by atoms with Crippen molar-refractivity contribution in [3.05, 3.63) is 83.1 Å². The number of hydrogen-bond donors (Lipinski definition) is 3. The zero-order valence-corrected chi connectivity index (χ0v) is 24.5. The molecule has 0 radical (unpaired) electrons. The second-order valence-electron chi connectivity index (χ2n) is 11.0. The van der Waals surface area contributed by atoms with Crippen LogP contribution in [0.15, 0.2) is 60.9 Å². The Morgan fingerprint density at radius 1 is 0.955 bits per heavy atom. The molecular formula is C33H33NO10. The molecular weight excluding hydrogens is 570 g/mol. The van der Waals surface area contributed by atoms with Crippen LogP contribution >= 0.6 is 0 Å². The van der Waals surface area contributed by atoms with Gasteiger partial charge in [0.1, 0.15) is 11.8 Å². The molecule has 1 fully saturated rings. The molecule has 6 rings (SSSR count). The van der Waals surface area contributed by atoms with E-state index in [9.17, 15) is 19.8 Å². The molecule has 44 heavy (non-hydrogen) atoms. The molecule has 3 N–H and O–H groups in total. The van der Waals surface area contributed by atoms with Gasteiger partial charge in [-0.2, -0.15) is 0 Å². The highest BCUT2D eigenvalue weighted by Crippen LogP contribution is 2.58. The number of esters is 1. The summed E-state index contributed by atoms with van der Waals surface area (Å²) in [5.41, 5.74) is 2.97. The van der Waals surface area contributed by atoms with Crippen molar-refractivity contribution < 1.29 is 48.2 Å². The number of rotatable bonds is 8. The van der Waals surface area contributed by atoms with Gasteiger partial charge in [0, 0.05) is 24.2 Å². The molecule has 3 aliphatic rings. The largest absolute Gasteiger partial charge is 0.508 e. The summed E-state index contributed by atoms with van der Waals surface area (Å²) in [5, 5.41) is 23.2. The van der Waals surface area contributed by atoms with E-state index < -0.39 is 17.9 Å². The number of carbonyl (C=O) groups excluding carboxylic acids is 2. The monoisotopic (exact) mass is 603 g/mol. The van der Waals surface area contributed by atoms with Crippen molar-refractivity contribution in [3.63, 3.8) is 0 Å². The molecule has 3 aromatic carbocycles. The topological polar surface area (TPSA) is 142 Å². The molecule has 1 aliphatic carbocycles. The van der Waals surface area contributed by atoms with E-state index in [0.29, 0.717) is 22.8 Å². The van der Waals surface area contributed by atoms with Gasteiger partial charge in [-0.25, -0.2) is 4.79 Å². The van der Waals surface area contributed by atoms with Crippen molar-refractivity contribution in [2.24, 2.45) is 11.8 Å². The van der Waals surface area contributed by atoms with Gasteiger partial charge in [0.25, 0.3) is 0 Å². The van der Waals surface area contributed by atoms with Crippen molar-refractivity contribution in [2.45, 2.75) is 24.3 Å². The highest BCUT2D eigenvalue weighted by Gasteiger charge is 2.52. The molecule has 230 valence electrons. The second-order valence-corrected chi connectivity index (χ2v) is 11.0. The van der Waals surface area contributed by atoms with Gasteiger partial charge in [0.15, 0.2) is 23.0 Å². The Balaban J connectivity index is 1.45. The van der Waals surface area contributed by atoms with Crippen LogP contribution in [0.2, 0.25) is 0 Å². The number of methoxy groups -OCH3 is 3. The first-order valence-electron chi connectivity index (χ1n) is 14.1.